The first-order valence-corrected chi connectivity index (χ1v) is 5.69. The quantitative estimate of drug-likeness (QED) is 0.624. The van der Waals surface area contributed by atoms with Gasteiger partial charge in [-0.2, -0.15) is 0 Å². The van der Waals surface area contributed by atoms with E-state index in [1.165, 1.54) is 11.8 Å². The van der Waals surface area contributed by atoms with Gasteiger partial charge >= 0.3 is 0 Å². The van der Waals surface area contributed by atoms with Crippen LogP contribution in [0.3, 0.4) is 0 Å². The summed E-state index contributed by atoms with van der Waals surface area (Å²) in [7, 11) is 0. The van der Waals surface area contributed by atoms with Crippen LogP contribution in [-0.4, -0.2) is 20.1 Å². The molecule has 0 fully saturated rings. The number of rotatable bonds is 3. The summed E-state index contributed by atoms with van der Waals surface area (Å²) >= 11 is 1.42. The number of thioether (sulfide) groups is 1. The number of hydrogen-bond donors (Lipinski definition) is 2. The van der Waals surface area contributed by atoms with Crippen LogP contribution in [0.1, 0.15) is 5.82 Å². The Morgan fingerprint density at radius 2 is 2.31 bits per heavy atom. The largest absolute Gasteiger partial charge is 0.378 e. The fraction of sp³-hybridized carbons (Fsp3) is 0.100. The molecule has 0 aromatic carbocycles. The van der Waals surface area contributed by atoms with Crippen LogP contribution in [-0.2, 0) is 5.75 Å². The predicted molar refractivity (Wildman–Crippen MR) is 65.4 cm³/mol. The average molecular weight is 233 g/mol. The summed E-state index contributed by atoms with van der Waals surface area (Å²) in [4.78, 5) is 15.3. The molecule has 2 rings (SSSR count). The van der Waals surface area contributed by atoms with E-state index in [9.17, 15) is 0 Å². The zero-order valence-corrected chi connectivity index (χ0v) is 9.31. The molecule has 0 aliphatic rings. The summed E-state index contributed by atoms with van der Waals surface area (Å²) in [6.45, 7) is 0. The molecule has 3 N–H and O–H groups in total. The minimum absolute atomic E-state index is 0.482. The smallest absolute Gasteiger partial charge is 0.161 e. The molecule has 2 heterocycles. The fourth-order valence-corrected chi connectivity index (χ4v) is 1.68. The monoisotopic (exact) mass is 233 g/mol. The van der Waals surface area contributed by atoms with E-state index in [1.54, 1.807) is 24.7 Å². The Bertz CT molecular complexity index is 451. The molecule has 0 bridgehead atoms. The molecule has 0 spiro atoms. The molecule has 0 unspecified atom stereocenters. The first-order chi connectivity index (χ1) is 7.84. The minimum Gasteiger partial charge on any atom is -0.378 e. The van der Waals surface area contributed by atoms with Crippen molar-refractivity contribution in [1.82, 2.24) is 15.0 Å². The molecule has 6 heteroatoms. The fourth-order valence-electron chi connectivity index (χ4n) is 1.08. The molecule has 0 saturated carbocycles. The summed E-state index contributed by atoms with van der Waals surface area (Å²) < 4.78 is 0. The number of nitrogens with one attached hydrogen (secondary N) is 1. The lowest BCUT2D eigenvalue weighted by Crippen LogP contribution is -2.06. The third kappa shape index (κ3) is 3.09. The zero-order valence-electron chi connectivity index (χ0n) is 8.50. The highest BCUT2D eigenvalue weighted by atomic mass is 32.2. The second-order valence-electron chi connectivity index (χ2n) is 2.96. The highest BCUT2D eigenvalue weighted by Gasteiger charge is 1.99. The lowest BCUT2D eigenvalue weighted by molar-refractivity contribution is 1.12. The summed E-state index contributed by atoms with van der Waals surface area (Å²) in [5.41, 5.74) is 5.75. The van der Waals surface area contributed by atoms with Crippen molar-refractivity contribution in [3.05, 3.63) is 42.6 Å². The third-order valence-corrected chi connectivity index (χ3v) is 2.59. The van der Waals surface area contributed by atoms with Crippen molar-refractivity contribution in [2.24, 2.45) is 10.7 Å². The zero-order chi connectivity index (χ0) is 11.2. The Balaban J connectivity index is 1.93. The van der Waals surface area contributed by atoms with Gasteiger partial charge in [0.1, 0.15) is 5.82 Å². The van der Waals surface area contributed by atoms with Gasteiger partial charge in [-0.05, 0) is 12.1 Å². The van der Waals surface area contributed by atoms with Gasteiger partial charge in [0.05, 0.1) is 5.75 Å². The topological polar surface area (TPSA) is 79.9 Å². The van der Waals surface area contributed by atoms with Crippen molar-refractivity contribution in [2.75, 3.05) is 0 Å². The summed E-state index contributed by atoms with van der Waals surface area (Å²) in [5.74, 6) is 2.17. The molecular weight excluding hydrogens is 222 g/mol. The molecule has 2 aromatic rings. The van der Waals surface area contributed by atoms with Crippen molar-refractivity contribution in [3.63, 3.8) is 0 Å². The maximum atomic E-state index is 5.75. The van der Waals surface area contributed by atoms with Gasteiger partial charge in [0.2, 0.25) is 0 Å². The van der Waals surface area contributed by atoms with Gasteiger partial charge in [0.25, 0.3) is 0 Å². The highest BCUT2D eigenvalue weighted by molar-refractivity contribution is 8.13. The van der Waals surface area contributed by atoms with Crippen LogP contribution in [0.2, 0.25) is 0 Å². The molecule has 2 aromatic heterocycles. The number of hydrogen-bond acceptors (Lipinski definition) is 4. The van der Waals surface area contributed by atoms with Gasteiger partial charge in [-0.25, -0.2) is 15.0 Å². The first kappa shape index (κ1) is 10.7. The number of imidazole rings is 1. The normalized spacial score (nSPS) is 11.6. The molecular formula is C10H11N5S. The van der Waals surface area contributed by atoms with Crippen LogP contribution in [0.15, 0.2) is 41.8 Å². The molecule has 0 aliphatic heterocycles. The van der Waals surface area contributed by atoms with E-state index in [0.717, 1.165) is 5.82 Å². The van der Waals surface area contributed by atoms with E-state index < -0.39 is 0 Å². The Morgan fingerprint density at radius 3 is 3.00 bits per heavy atom. The van der Waals surface area contributed by atoms with Gasteiger partial charge in [-0.15, -0.1) is 0 Å². The van der Waals surface area contributed by atoms with E-state index in [2.05, 4.69) is 19.9 Å². The van der Waals surface area contributed by atoms with Crippen LogP contribution in [0, 0.1) is 0 Å². The molecule has 16 heavy (non-hydrogen) atoms. The highest BCUT2D eigenvalue weighted by Crippen LogP contribution is 2.12. The average Bonchev–Trinajstić information content (AvgIpc) is 2.81. The van der Waals surface area contributed by atoms with Crippen LogP contribution >= 0.6 is 11.8 Å². The standard InChI is InChI=1S/C10H11N5S/c11-10(15-8-3-1-2-4-12-8)16-7-9-13-5-6-14-9/h1-6H,7H2,(H,13,14)(H2,11,12,15). The van der Waals surface area contributed by atoms with Gasteiger partial charge in [-0.1, -0.05) is 17.8 Å². The second kappa shape index (κ2) is 5.32. The first-order valence-electron chi connectivity index (χ1n) is 4.71. The number of aliphatic imine (C=N–C) groups is 1. The van der Waals surface area contributed by atoms with E-state index in [4.69, 9.17) is 5.73 Å². The summed E-state index contributed by atoms with van der Waals surface area (Å²) in [5, 5.41) is 0.482. The maximum Gasteiger partial charge on any atom is 0.161 e. The van der Waals surface area contributed by atoms with Crippen LogP contribution in [0.25, 0.3) is 0 Å². The van der Waals surface area contributed by atoms with Crippen molar-refractivity contribution in [1.29, 1.82) is 0 Å². The van der Waals surface area contributed by atoms with Gasteiger partial charge in [0, 0.05) is 18.6 Å². The van der Waals surface area contributed by atoms with Crippen molar-refractivity contribution >= 4 is 22.7 Å². The number of aromatic nitrogens is 3. The maximum absolute atomic E-state index is 5.75. The Labute approximate surface area is 97.2 Å². The van der Waals surface area contributed by atoms with E-state index in [0.29, 0.717) is 16.7 Å². The van der Waals surface area contributed by atoms with Crippen molar-refractivity contribution in [3.8, 4) is 0 Å². The lowest BCUT2D eigenvalue weighted by Gasteiger charge is -1.98. The number of nitrogens with two attached hydrogens (primary N) is 1. The number of nitrogens with zero attached hydrogens (tertiary/aromatic N) is 3. The Kier molecular flexibility index (Phi) is 3.55. The predicted octanol–water partition coefficient (Wildman–Crippen LogP) is 1.68. The molecule has 82 valence electrons. The molecule has 0 radical (unpaired) electrons. The number of pyridine rings is 1. The van der Waals surface area contributed by atoms with Crippen molar-refractivity contribution in [2.45, 2.75) is 5.75 Å². The van der Waals surface area contributed by atoms with Gasteiger partial charge < -0.3 is 10.7 Å². The molecule has 5 nitrogen and oxygen atoms in total. The lowest BCUT2D eigenvalue weighted by atomic mass is 10.5. The number of aromatic amines is 1. The number of amidine groups is 1. The summed E-state index contributed by atoms with van der Waals surface area (Å²) in [6, 6.07) is 5.52. The van der Waals surface area contributed by atoms with Crippen LogP contribution in [0.4, 0.5) is 5.82 Å². The Hall–Kier alpha value is -1.82. The SMILES string of the molecule is NC(=Nc1ccccn1)SCc1ncc[nH]1. The second-order valence-corrected chi connectivity index (χ2v) is 3.96. The molecule has 0 aliphatic carbocycles. The Morgan fingerprint density at radius 1 is 1.38 bits per heavy atom. The van der Waals surface area contributed by atoms with Crippen LogP contribution < -0.4 is 5.73 Å². The van der Waals surface area contributed by atoms with E-state index >= 15 is 0 Å². The van der Waals surface area contributed by atoms with Gasteiger partial charge in [0.15, 0.2) is 11.0 Å². The van der Waals surface area contributed by atoms with E-state index in [-0.39, 0.29) is 0 Å². The molecule has 0 atom stereocenters. The van der Waals surface area contributed by atoms with E-state index in [1.807, 2.05) is 12.1 Å². The van der Waals surface area contributed by atoms with Crippen LogP contribution in [0.5, 0.6) is 0 Å². The van der Waals surface area contributed by atoms with Crippen molar-refractivity contribution < 1.29 is 0 Å². The minimum atomic E-state index is 0.482. The number of H-pyrrole nitrogens is 1. The molecule has 0 saturated heterocycles. The third-order valence-electron chi connectivity index (χ3n) is 1.79. The van der Waals surface area contributed by atoms with Gasteiger partial charge in [-0.3, -0.25) is 0 Å². The summed E-state index contributed by atoms with van der Waals surface area (Å²) in [6.07, 6.45) is 5.17. The molecule has 0 amide bonds.